The number of nitrogens with zero attached hydrogens (tertiary/aromatic N) is 2. The normalized spacial score (nSPS) is 16.3. The minimum absolute atomic E-state index is 0.138. The number of carbonyl (C=O) groups excluding carboxylic acids is 2. The maximum Gasteiger partial charge on any atom is 0.424 e. The predicted octanol–water partition coefficient (Wildman–Crippen LogP) is 4.13. The first-order valence-electron chi connectivity index (χ1n) is 12.2. The van der Waals surface area contributed by atoms with Gasteiger partial charge in [-0.1, -0.05) is 60.7 Å². The Morgan fingerprint density at radius 2 is 1.57 bits per heavy atom. The number of aliphatic hydroxyl groups is 1. The molecule has 0 aromatic heterocycles. The molecule has 2 N–H and O–H groups in total. The largest absolute Gasteiger partial charge is 0.445 e. The number of β-amino-alcohol motifs (C(OH)–C–C–N with tert-alkyl or cyclic N) is 1. The zero-order chi connectivity index (χ0) is 25.3. The number of nitrogens with one attached hydrogen (secondary N) is 1. The van der Waals surface area contributed by atoms with E-state index in [2.05, 4.69) is 5.32 Å². The molecule has 2 aromatic rings. The van der Waals surface area contributed by atoms with Gasteiger partial charge in [0, 0.05) is 19.6 Å². The Morgan fingerprint density at radius 1 is 0.971 bits per heavy atom. The van der Waals surface area contributed by atoms with E-state index in [0.29, 0.717) is 19.5 Å². The number of aliphatic hydroxyl groups excluding tert-OH is 1. The number of hydrogen-bond donors (Lipinski definition) is 2. The molecule has 3 rings (SSSR count). The van der Waals surface area contributed by atoms with E-state index in [9.17, 15) is 14.7 Å². The second kappa shape index (κ2) is 12.6. The van der Waals surface area contributed by atoms with Gasteiger partial charge in [0.05, 0.1) is 12.1 Å². The summed E-state index contributed by atoms with van der Waals surface area (Å²) in [6.07, 6.45) is 0.215. The summed E-state index contributed by atoms with van der Waals surface area (Å²) < 4.78 is 10.9. The molecule has 2 amide bonds. The molecule has 2 unspecified atom stereocenters. The van der Waals surface area contributed by atoms with E-state index in [1.165, 1.54) is 0 Å². The Morgan fingerprint density at radius 3 is 2.20 bits per heavy atom. The molecule has 8 heteroatoms. The lowest BCUT2D eigenvalue weighted by Crippen LogP contribution is -2.57. The Kier molecular flexibility index (Phi) is 9.51. The number of rotatable bonds is 8. The zero-order valence-electron chi connectivity index (χ0n) is 20.9. The van der Waals surface area contributed by atoms with Crippen molar-refractivity contribution in [3.63, 3.8) is 0 Å². The van der Waals surface area contributed by atoms with Crippen molar-refractivity contribution in [2.24, 2.45) is 0 Å². The molecule has 0 spiro atoms. The molecule has 35 heavy (non-hydrogen) atoms. The van der Waals surface area contributed by atoms with Crippen LogP contribution in [0.3, 0.4) is 0 Å². The molecule has 1 fully saturated rings. The highest BCUT2D eigenvalue weighted by molar-refractivity contribution is 5.68. The van der Waals surface area contributed by atoms with Crippen LogP contribution >= 0.6 is 0 Å². The number of benzene rings is 2. The van der Waals surface area contributed by atoms with Crippen LogP contribution in [0.2, 0.25) is 0 Å². The molecule has 0 saturated carbocycles. The zero-order valence-corrected chi connectivity index (χ0v) is 20.9. The van der Waals surface area contributed by atoms with E-state index in [-0.39, 0.29) is 13.2 Å². The Balaban J connectivity index is 1.67. The highest BCUT2D eigenvalue weighted by Crippen LogP contribution is 2.18. The van der Waals surface area contributed by atoms with E-state index in [1.54, 1.807) is 5.01 Å². The van der Waals surface area contributed by atoms with Crippen molar-refractivity contribution in [1.29, 1.82) is 0 Å². The Labute approximate surface area is 207 Å². The minimum Gasteiger partial charge on any atom is -0.445 e. The van der Waals surface area contributed by atoms with Gasteiger partial charge in [-0.25, -0.2) is 19.6 Å². The summed E-state index contributed by atoms with van der Waals surface area (Å²) in [5, 5.41) is 17.4. The van der Waals surface area contributed by atoms with E-state index in [0.717, 1.165) is 24.0 Å². The number of hydrogen-bond acceptors (Lipinski definition) is 6. The van der Waals surface area contributed by atoms with Crippen LogP contribution in [0.5, 0.6) is 0 Å². The molecule has 1 heterocycles. The second-order valence-electron chi connectivity index (χ2n) is 9.79. The maximum absolute atomic E-state index is 12.8. The van der Waals surface area contributed by atoms with Crippen molar-refractivity contribution in [3.8, 4) is 0 Å². The van der Waals surface area contributed by atoms with Gasteiger partial charge < -0.3 is 19.9 Å². The molecule has 8 nitrogen and oxygen atoms in total. The SMILES string of the molecule is CC(C)(C)OC(=O)N1CCCCN1CC(O)C(Cc1ccccc1)NC(=O)OCc1ccccc1. The molecule has 1 aliphatic heterocycles. The van der Waals surface area contributed by atoms with Gasteiger partial charge in [0.25, 0.3) is 0 Å². The molecule has 2 aromatic carbocycles. The van der Waals surface area contributed by atoms with Gasteiger partial charge in [0.1, 0.15) is 12.2 Å². The standard InChI is InChI=1S/C27H37N3O5/c1-27(2,3)35-26(33)30-17-11-10-16-29(30)19-24(31)23(18-21-12-6-4-7-13-21)28-25(32)34-20-22-14-8-5-9-15-22/h4-9,12-15,23-24,31H,10-11,16-20H2,1-3H3,(H,28,32). The van der Waals surface area contributed by atoms with Crippen molar-refractivity contribution >= 4 is 12.2 Å². The number of ether oxygens (including phenoxy) is 2. The maximum atomic E-state index is 12.8. The lowest BCUT2D eigenvalue weighted by molar-refractivity contribution is -0.0840. The second-order valence-corrected chi connectivity index (χ2v) is 9.79. The number of alkyl carbamates (subject to hydrolysis) is 1. The molecule has 1 saturated heterocycles. The van der Waals surface area contributed by atoms with E-state index >= 15 is 0 Å². The molecule has 190 valence electrons. The van der Waals surface area contributed by atoms with Crippen molar-refractivity contribution in [2.75, 3.05) is 19.6 Å². The molecule has 0 bridgehead atoms. The van der Waals surface area contributed by atoms with Crippen LogP contribution in [-0.4, -0.2) is 64.7 Å². The summed E-state index contributed by atoms with van der Waals surface area (Å²) in [6, 6.07) is 18.5. The monoisotopic (exact) mass is 483 g/mol. The van der Waals surface area contributed by atoms with E-state index in [4.69, 9.17) is 9.47 Å². The van der Waals surface area contributed by atoms with Crippen LogP contribution in [-0.2, 0) is 22.5 Å². The molecular formula is C27H37N3O5. The summed E-state index contributed by atoms with van der Waals surface area (Å²) in [5.41, 5.74) is 1.24. The minimum atomic E-state index is -0.942. The molecule has 0 aliphatic carbocycles. The highest BCUT2D eigenvalue weighted by Gasteiger charge is 2.32. The van der Waals surface area contributed by atoms with Crippen LogP contribution in [0.15, 0.2) is 60.7 Å². The first-order valence-corrected chi connectivity index (χ1v) is 12.2. The van der Waals surface area contributed by atoms with Gasteiger partial charge in [-0.2, -0.15) is 0 Å². The topological polar surface area (TPSA) is 91.3 Å². The van der Waals surface area contributed by atoms with Crippen molar-refractivity contribution in [2.45, 2.75) is 64.4 Å². The third-order valence-corrected chi connectivity index (χ3v) is 5.66. The summed E-state index contributed by atoms with van der Waals surface area (Å²) in [7, 11) is 0. The fourth-order valence-electron chi connectivity index (χ4n) is 3.94. The number of amides is 2. The fourth-order valence-corrected chi connectivity index (χ4v) is 3.94. The smallest absolute Gasteiger partial charge is 0.424 e. The third-order valence-electron chi connectivity index (χ3n) is 5.66. The van der Waals surface area contributed by atoms with E-state index in [1.807, 2.05) is 86.4 Å². The van der Waals surface area contributed by atoms with Crippen molar-refractivity contribution in [1.82, 2.24) is 15.3 Å². The van der Waals surface area contributed by atoms with Crippen LogP contribution < -0.4 is 5.32 Å². The quantitative estimate of drug-likeness (QED) is 0.587. The first-order chi connectivity index (χ1) is 16.7. The Hall–Kier alpha value is -3.10. The fraction of sp³-hybridized carbons (Fsp3) is 0.481. The molecular weight excluding hydrogens is 446 g/mol. The molecule has 1 aliphatic rings. The van der Waals surface area contributed by atoms with Gasteiger partial charge in [-0.05, 0) is 51.2 Å². The number of hydrazine groups is 1. The van der Waals surface area contributed by atoms with Gasteiger partial charge in [-0.15, -0.1) is 0 Å². The summed E-state index contributed by atoms with van der Waals surface area (Å²) in [4.78, 5) is 25.4. The van der Waals surface area contributed by atoms with Crippen LogP contribution in [0.4, 0.5) is 9.59 Å². The Bertz CT molecular complexity index is 933. The van der Waals surface area contributed by atoms with Crippen LogP contribution in [0, 0.1) is 0 Å². The van der Waals surface area contributed by atoms with Gasteiger partial charge in [0.15, 0.2) is 0 Å². The summed E-state index contributed by atoms with van der Waals surface area (Å²) >= 11 is 0. The summed E-state index contributed by atoms with van der Waals surface area (Å²) in [6.45, 7) is 6.94. The van der Waals surface area contributed by atoms with Gasteiger partial charge >= 0.3 is 12.2 Å². The van der Waals surface area contributed by atoms with Crippen LogP contribution in [0.1, 0.15) is 44.7 Å². The first kappa shape index (κ1) is 26.5. The lowest BCUT2D eigenvalue weighted by atomic mass is 10.0. The van der Waals surface area contributed by atoms with Gasteiger partial charge in [-0.3, -0.25) is 0 Å². The highest BCUT2D eigenvalue weighted by atomic mass is 16.6. The van der Waals surface area contributed by atoms with Crippen molar-refractivity contribution < 1.29 is 24.2 Å². The van der Waals surface area contributed by atoms with Crippen molar-refractivity contribution in [3.05, 3.63) is 71.8 Å². The summed E-state index contributed by atoms with van der Waals surface area (Å²) in [5.74, 6) is 0. The average Bonchev–Trinajstić information content (AvgIpc) is 2.83. The number of carbonyl (C=O) groups is 2. The lowest BCUT2D eigenvalue weighted by Gasteiger charge is -2.40. The predicted molar refractivity (Wildman–Crippen MR) is 133 cm³/mol. The molecule has 0 radical (unpaired) electrons. The third kappa shape index (κ3) is 8.88. The van der Waals surface area contributed by atoms with Crippen LogP contribution in [0.25, 0.3) is 0 Å². The molecule has 2 atom stereocenters. The average molecular weight is 484 g/mol. The van der Waals surface area contributed by atoms with Gasteiger partial charge in [0.2, 0.25) is 0 Å². The van der Waals surface area contributed by atoms with E-state index < -0.39 is 29.9 Å².